The maximum atomic E-state index is 13.6. The van der Waals surface area contributed by atoms with Crippen molar-refractivity contribution in [2.24, 2.45) is 0 Å². The van der Waals surface area contributed by atoms with Crippen molar-refractivity contribution in [2.45, 2.75) is 30.5 Å². The highest BCUT2D eigenvalue weighted by Gasteiger charge is 2.42. The maximum Gasteiger partial charge on any atom is 0.416 e. The number of alkyl halides is 3. The van der Waals surface area contributed by atoms with E-state index in [9.17, 15) is 18.0 Å². The van der Waals surface area contributed by atoms with Crippen LogP contribution in [0, 0.1) is 0 Å². The quantitative estimate of drug-likeness (QED) is 0.707. The van der Waals surface area contributed by atoms with Crippen LogP contribution in [0.2, 0.25) is 0 Å². The summed E-state index contributed by atoms with van der Waals surface area (Å²) < 4.78 is 50.1. The Morgan fingerprint density at radius 1 is 0.939 bits per heavy atom. The lowest BCUT2D eigenvalue weighted by Gasteiger charge is -2.38. The van der Waals surface area contributed by atoms with Gasteiger partial charge in [-0.2, -0.15) is 13.2 Å². The fourth-order valence-electron chi connectivity index (χ4n) is 4.72. The van der Waals surface area contributed by atoms with Crippen LogP contribution in [0.1, 0.15) is 35.6 Å². The van der Waals surface area contributed by atoms with Gasteiger partial charge in [-0.3, -0.25) is 9.69 Å². The summed E-state index contributed by atoms with van der Waals surface area (Å²) in [6.07, 6.45) is -3.21. The second-order valence-corrected chi connectivity index (χ2v) is 8.55. The topological polar surface area (TPSA) is 50.8 Å². The third kappa shape index (κ3) is 5.39. The maximum absolute atomic E-state index is 13.6. The number of carbonyl (C=O) groups is 1. The second kappa shape index (κ2) is 10.2. The Morgan fingerprint density at radius 2 is 1.55 bits per heavy atom. The lowest BCUT2D eigenvalue weighted by molar-refractivity contribution is -0.137. The van der Waals surface area contributed by atoms with E-state index < -0.39 is 17.2 Å². The summed E-state index contributed by atoms with van der Waals surface area (Å²) >= 11 is 0. The van der Waals surface area contributed by atoms with Crippen LogP contribution in [-0.4, -0.2) is 56.9 Å². The minimum atomic E-state index is -4.38. The van der Waals surface area contributed by atoms with Gasteiger partial charge in [-0.15, -0.1) is 0 Å². The van der Waals surface area contributed by atoms with Crippen molar-refractivity contribution in [3.8, 4) is 0 Å². The molecule has 2 aromatic rings. The van der Waals surface area contributed by atoms with Crippen LogP contribution in [0.25, 0.3) is 0 Å². The summed E-state index contributed by atoms with van der Waals surface area (Å²) in [6.45, 7) is 3.73. The first-order valence-electron chi connectivity index (χ1n) is 11.3. The number of carbonyl (C=O) groups excluding carboxylic acids is 1. The molecule has 8 heteroatoms. The van der Waals surface area contributed by atoms with Crippen molar-refractivity contribution < 1.29 is 27.4 Å². The Morgan fingerprint density at radius 3 is 2.15 bits per heavy atom. The smallest absolute Gasteiger partial charge is 0.381 e. The Balaban J connectivity index is 1.55. The zero-order valence-corrected chi connectivity index (χ0v) is 18.4. The van der Waals surface area contributed by atoms with Crippen LogP contribution in [0.4, 0.5) is 13.2 Å². The number of halogens is 3. The van der Waals surface area contributed by atoms with E-state index in [1.54, 1.807) is 0 Å². The third-order valence-electron chi connectivity index (χ3n) is 6.67. The van der Waals surface area contributed by atoms with Crippen molar-refractivity contribution in [2.75, 3.05) is 46.1 Å². The lowest BCUT2D eigenvalue weighted by atomic mass is 9.73. The summed E-state index contributed by atoms with van der Waals surface area (Å²) in [6, 6.07) is 14.7. The summed E-state index contributed by atoms with van der Waals surface area (Å²) in [4.78, 5) is 15.7. The first kappa shape index (κ1) is 23.7. The van der Waals surface area contributed by atoms with Gasteiger partial charge in [0.05, 0.1) is 30.2 Å². The number of benzene rings is 2. The van der Waals surface area contributed by atoms with Gasteiger partial charge in [0.1, 0.15) is 0 Å². The summed E-state index contributed by atoms with van der Waals surface area (Å²) in [5, 5.41) is 3.13. The van der Waals surface area contributed by atoms with E-state index in [4.69, 9.17) is 9.47 Å². The third-order valence-corrected chi connectivity index (χ3v) is 6.67. The fraction of sp³-hybridized carbons (Fsp3) is 0.480. The van der Waals surface area contributed by atoms with Crippen molar-refractivity contribution in [3.05, 3.63) is 71.3 Å². The van der Waals surface area contributed by atoms with Gasteiger partial charge in [-0.1, -0.05) is 42.5 Å². The van der Waals surface area contributed by atoms with E-state index in [2.05, 4.69) is 10.2 Å². The molecule has 1 unspecified atom stereocenters. The van der Waals surface area contributed by atoms with E-state index in [-0.39, 0.29) is 11.9 Å². The van der Waals surface area contributed by atoms with Crippen molar-refractivity contribution in [1.82, 2.24) is 10.2 Å². The monoisotopic (exact) mass is 462 g/mol. The van der Waals surface area contributed by atoms with Gasteiger partial charge >= 0.3 is 6.18 Å². The standard InChI is InChI=1S/C25H29F3N2O3/c26-25(27,28)21-8-6-19(7-9-21)22(30-12-16-33-17-13-30)18-29-23(31)24(10-14-32-15-11-24)20-4-2-1-3-5-20/h1-9,22H,10-18H2,(H,29,31). The van der Waals surface area contributed by atoms with Crippen molar-refractivity contribution >= 4 is 5.91 Å². The van der Waals surface area contributed by atoms with Crippen LogP contribution in [0.3, 0.4) is 0 Å². The highest BCUT2D eigenvalue weighted by Crippen LogP contribution is 2.36. The van der Waals surface area contributed by atoms with Gasteiger partial charge in [0.25, 0.3) is 0 Å². The number of hydrogen-bond acceptors (Lipinski definition) is 4. The first-order chi connectivity index (χ1) is 15.9. The molecule has 1 amide bonds. The fourth-order valence-corrected chi connectivity index (χ4v) is 4.72. The predicted molar refractivity (Wildman–Crippen MR) is 118 cm³/mol. The summed E-state index contributed by atoms with van der Waals surface area (Å²) in [7, 11) is 0. The zero-order valence-electron chi connectivity index (χ0n) is 18.4. The molecule has 33 heavy (non-hydrogen) atoms. The molecule has 0 aromatic heterocycles. The molecule has 1 atom stereocenters. The van der Waals surface area contributed by atoms with Crippen LogP contribution >= 0.6 is 0 Å². The Labute approximate surface area is 191 Å². The Hall–Kier alpha value is -2.42. The number of rotatable bonds is 6. The lowest BCUT2D eigenvalue weighted by Crippen LogP contribution is -2.51. The van der Waals surface area contributed by atoms with Crippen LogP contribution in [0.5, 0.6) is 0 Å². The molecule has 2 aliphatic heterocycles. The van der Waals surface area contributed by atoms with Gasteiger partial charge in [0, 0.05) is 32.8 Å². The second-order valence-electron chi connectivity index (χ2n) is 8.55. The molecule has 4 rings (SSSR count). The average molecular weight is 463 g/mol. The molecule has 1 N–H and O–H groups in total. The molecular weight excluding hydrogens is 433 g/mol. The molecule has 0 radical (unpaired) electrons. The van der Waals surface area contributed by atoms with E-state index in [0.29, 0.717) is 58.9 Å². The molecule has 0 aliphatic carbocycles. The average Bonchev–Trinajstić information content (AvgIpc) is 2.85. The molecule has 5 nitrogen and oxygen atoms in total. The molecule has 2 aliphatic rings. The van der Waals surface area contributed by atoms with Gasteiger partial charge < -0.3 is 14.8 Å². The van der Waals surface area contributed by atoms with Crippen LogP contribution in [0.15, 0.2) is 54.6 Å². The summed E-state index contributed by atoms with van der Waals surface area (Å²) in [5.74, 6) is -0.0674. The molecule has 2 saturated heterocycles. The molecular formula is C25H29F3N2O3. The molecule has 0 bridgehead atoms. The molecule has 178 valence electrons. The van der Waals surface area contributed by atoms with Crippen LogP contribution in [-0.2, 0) is 25.9 Å². The van der Waals surface area contributed by atoms with E-state index >= 15 is 0 Å². The zero-order chi connectivity index (χ0) is 23.3. The number of morpholine rings is 1. The van der Waals surface area contributed by atoms with Crippen LogP contribution < -0.4 is 5.32 Å². The SMILES string of the molecule is O=C(NCC(c1ccc(C(F)(F)F)cc1)N1CCOCC1)C1(c2ccccc2)CCOCC1. The highest BCUT2D eigenvalue weighted by molar-refractivity contribution is 5.88. The number of hydrogen-bond donors (Lipinski definition) is 1. The number of nitrogens with zero attached hydrogens (tertiary/aromatic N) is 1. The number of amides is 1. The Kier molecular flexibility index (Phi) is 7.36. The first-order valence-corrected chi connectivity index (χ1v) is 11.3. The van der Waals surface area contributed by atoms with Crippen molar-refractivity contribution in [1.29, 1.82) is 0 Å². The van der Waals surface area contributed by atoms with E-state index in [1.807, 2.05) is 30.3 Å². The minimum absolute atomic E-state index is 0.0674. The number of ether oxygens (including phenoxy) is 2. The normalized spacial score (nSPS) is 20.2. The van der Waals surface area contributed by atoms with E-state index in [0.717, 1.165) is 23.3 Å². The van der Waals surface area contributed by atoms with E-state index in [1.165, 1.54) is 12.1 Å². The molecule has 2 aromatic carbocycles. The molecule has 2 fully saturated rings. The predicted octanol–water partition coefficient (Wildman–Crippen LogP) is 3.94. The molecule has 0 saturated carbocycles. The Bertz CT molecular complexity index is 907. The van der Waals surface area contributed by atoms with Gasteiger partial charge in [0.15, 0.2) is 0 Å². The molecule has 0 spiro atoms. The molecule has 2 heterocycles. The van der Waals surface area contributed by atoms with Gasteiger partial charge in [-0.05, 0) is 36.1 Å². The highest BCUT2D eigenvalue weighted by atomic mass is 19.4. The van der Waals surface area contributed by atoms with Crippen molar-refractivity contribution in [3.63, 3.8) is 0 Å². The number of nitrogens with one attached hydrogen (secondary N) is 1. The van der Waals surface area contributed by atoms with Gasteiger partial charge in [-0.25, -0.2) is 0 Å². The minimum Gasteiger partial charge on any atom is -0.381 e. The largest absolute Gasteiger partial charge is 0.416 e. The van der Waals surface area contributed by atoms with Gasteiger partial charge in [0.2, 0.25) is 5.91 Å². The summed E-state index contributed by atoms with van der Waals surface area (Å²) in [5.41, 5.74) is 0.352.